The van der Waals surface area contributed by atoms with E-state index < -0.39 is 0 Å². The van der Waals surface area contributed by atoms with Crippen LogP contribution in [0.5, 0.6) is 0 Å². The van der Waals surface area contributed by atoms with E-state index in [4.69, 9.17) is 5.53 Å². The Morgan fingerprint density at radius 1 is 0.833 bits per heavy atom. The Hall–Kier alpha value is -2.36. The number of benzene rings is 2. The van der Waals surface area contributed by atoms with Gasteiger partial charge in [0.1, 0.15) is 5.69 Å². The Balaban J connectivity index is 2.27. The van der Waals surface area contributed by atoms with Crippen molar-refractivity contribution in [3.63, 3.8) is 0 Å². The zero-order chi connectivity index (χ0) is 13.0. The van der Waals surface area contributed by atoms with Gasteiger partial charge in [-0.2, -0.15) is 15.8 Å². The van der Waals surface area contributed by atoms with Crippen LogP contribution in [-0.4, -0.2) is 0 Å². The molecular formula is C14H15N4+. The molecule has 4 heteroatoms. The van der Waals surface area contributed by atoms with Gasteiger partial charge in [0.05, 0.1) is 11.4 Å². The van der Waals surface area contributed by atoms with Gasteiger partial charge in [0.25, 0.3) is 0 Å². The van der Waals surface area contributed by atoms with E-state index in [1.807, 2.05) is 56.3 Å². The van der Waals surface area contributed by atoms with E-state index >= 15 is 0 Å². The molecule has 0 amide bonds. The van der Waals surface area contributed by atoms with Crippen LogP contribution in [0, 0.1) is 13.8 Å². The molecule has 0 unspecified atom stereocenters. The molecule has 4 nitrogen and oxygen atoms in total. The Morgan fingerprint density at radius 3 is 2.28 bits per heavy atom. The van der Waals surface area contributed by atoms with Crippen molar-refractivity contribution in [3.8, 4) is 0 Å². The number of nitrogens with zero attached hydrogens (tertiary/aromatic N) is 3. The van der Waals surface area contributed by atoms with Gasteiger partial charge in [-0.15, -0.1) is 0 Å². The van der Waals surface area contributed by atoms with Gasteiger partial charge in [0.2, 0.25) is 0 Å². The lowest BCUT2D eigenvalue weighted by molar-refractivity contribution is -0.210. The van der Waals surface area contributed by atoms with Crippen LogP contribution in [0.3, 0.4) is 0 Å². The minimum absolute atomic E-state index is 0.768. The highest BCUT2D eigenvalue weighted by atomic mass is 15.1. The molecule has 0 saturated heterocycles. The predicted octanol–water partition coefficient (Wildman–Crippen LogP) is 3.56. The Kier molecular flexibility index (Phi) is 3.57. The fourth-order valence-corrected chi connectivity index (χ4v) is 1.63. The molecule has 0 heterocycles. The molecule has 0 bridgehead atoms. The summed E-state index contributed by atoms with van der Waals surface area (Å²) in [5, 5.41) is 12.1. The van der Waals surface area contributed by atoms with Gasteiger partial charge in [-0.25, -0.2) is 0 Å². The SMILES string of the molecule is Cc1cc(N=Nc2ccccc2C)ccc1N=[NH2+]. The first-order valence-corrected chi connectivity index (χ1v) is 5.69. The lowest BCUT2D eigenvalue weighted by Crippen LogP contribution is -2.22. The molecule has 0 fully saturated rings. The van der Waals surface area contributed by atoms with Crippen molar-refractivity contribution in [1.82, 2.24) is 0 Å². The Labute approximate surface area is 106 Å². The van der Waals surface area contributed by atoms with Crippen molar-refractivity contribution in [2.45, 2.75) is 13.8 Å². The first-order chi connectivity index (χ1) is 8.70. The van der Waals surface area contributed by atoms with E-state index in [1.54, 1.807) is 0 Å². The second-order valence-corrected chi connectivity index (χ2v) is 4.09. The first-order valence-electron chi connectivity index (χ1n) is 5.69. The van der Waals surface area contributed by atoms with Crippen LogP contribution in [-0.2, 0) is 0 Å². The van der Waals surface area contributed by atoms with Crippen LogP contribution in [0.4, 0.5) is 17.1 Å². The minimum Gasteiger partial charge on any atom is -0.152 e. The highest BCUT2D eigenvalue weighted by molar-refractivity contribution is 5.53. The van der Waals surface area contributed by atoms with Crippen LogP contribution in [0.1, 0.15) is 11.1 Å². The average molecular weight is 239 g/mol. The summed E-state index contributed by atoms with van der Waals surface area (Å²) >= 11 is 0. The molecule has 0 aliphatic rings. The van der Waals surface area contributed by atoms with Gasteiger partial charge in [-0.05, 0) is 54.4 Å². The third-order valence-electron chi connectivity index (χ3n) is 2.71. The molecule has 2 N–H and O–H groups in total. The number of hydrogen-bond donors (Lipinski definition) is 1. The zero-order valence-electron chi connectivity index (χ0n) is 10.5. The fourth-order valence-electron chi connectivity index (χ4n) is 1.63. The van der Waals surface area contributed by atoms with Crippen LogP contribution in [0.15, 0.2) is 57.8 Å². The van der Waals surface area contributed by atoms with E-state index in [0.29, 0.717) is 0 Å². The van der Waals surface area contributed by atoms with Gasteiger partial charge < -0.3 is 0 Å². The number of hydrogen-bond acceptors (Lipinski definition) is 3. The number of azo groups is 1. The van der Waals surface area contributed by atoms with Gasteiger partial charge in [-0.1, -0.05) is 18.2 Å². The Morgan fingerprint density at radius 2 is 1.61 bits per heavy atom. The number of aryl methyl sites for hydroxylation is 2. The van der Waals surface area contributed by atoms with Crippen LogP contribution >= 0.6 is 0 Å². The van der Waals surface area contributed by atoms with E-state index in [0.717, 1.165) is 28.2 Å². The number of rotatable bonds is 3. The second kappa shape index (κ2) is 5.31. The largest absolute Gasteiger partial charge is 0.152 e. The van der Waals surface area contributed by atoms with E-state index in [1.165, 1.54) is 0 Å². The monoisotopic (exact) mass is 239 g/mol. The highest BCUT2D eigenvalue weighted by Crippen LogP contribution is 2.25. The Bertz CT molecular complexity index is 602. The fraction of sp³-hybridized carbons (Fsp3) is 0.143. The average Bonchev–Trinajstić information content (AvgIpc) is 2.38. The van der Waals surface area contributed by atoms with Crippen molar-refractivity contribution in [3.05, 3.63) is 53.6 Å². The molecule has 2 aromatic rings. The van der Waals surface area contributed by atoms with E-state index in [9.17, 15) is 0 Å². The quantitative estimate of drug-likeness (QED) is 0.796. The molecule has 0 saturated carbocycles. The molecule has 0 spiro atoms. The molecule has 0 aromatic heterocycles. The van der Waals surface area contributed by atoms with Gasteiger partial charge in [0, 0.05) is 0 Å². The van der Waals surface area contributed by atoms with Crippen molar-refractivity contribution in [2.24, 2.45) is 15.3 Å². The molecular weight excluding hydrogens is 224 g/mol. The van der Waals surface area contributed by atoms with Crippen LogP contribution < -0.4 is 5.53 Å². The van der Waals surface area contributed by atoms with E-state index in [-0.39, 0.29) is 0 Å². The topological polar surface area (TPSA) is 62.7 Å². The maximum atomic E-state index is 5.26. The summed E-state index contributed by atoms with van der Waals surface area (Å²) in [7, 11) is 0. The minimum atomic E-state index is 0.768. The summed E-state index contributed by atoms with van der Waals surface area (Å²) in [5.41, 5.74) is 9.79. The lowest BCUT2D eigenvalue weighted by atomic mass is 10.2. The summed E-state index contributed by atoms with van der Waals surface area (Å²) < 4.78 is 0. The molecule has 0 radical (unpaired) electrons. The predicted molar refractivity (Wildman–Crippen MR) is 70.5 cm³/mol. The summed E-state index contributed by atoms with van der Waals surface area (Å²) in [6.45, 7) is 3.95. The third-order valence-corrected chi connectivity index (χ3v) is 2.71. The van der Waals surface area contributed by atoms with Gasteiger partial charge >= 0.3 is 0 Å². The van der Waals surface area contributed by atoms with Crippen molar-refractivity contribution in [2.75, 3.05) is 0 Å². The summed E-state index contributed by atoms with van der Waals surface area (Å²) in [4.78, 5) is 0. The second-order valence-electron chi connectivity index (χ2n) is 4.09. The normalized spacial score (nSPS) is 10.8. The maximum absolute atomic E-state index is 5.26. The molecule has 2 aromatic carbocycles. The smallest absolute Gasteiger partial charge is 0.133 e. The highest BCUT2D eigenvalue weighted by Gasteiger charge is 2.00. The summed E-state index contributed by atoms with van der Waals surface area (Å²) in [6, 6.07) is 13.5. The van der Waals surface area contributed by atoms with E-state index in [2.05, 4.69) is 15.3 Å². The molecule has 18 heavy (non-hydrogen) atoms. The molecule has 90 valence electrons. The third kappa shape index (κ3) is 2.66. The molecule has 0 atom stereocenters. The zero-order valence-corrected chi connectivity index (χ0v) is 10.5. The van der Waals surface area contributed by atoms with Crippen molar-refractivity contribution in [1.29, 1.82) is 0 Å². The molecule has 2 rings (SSSR count). The summed E-state index contributed by atoms with van der Waals surface area (Å²) in [5.74, 6) is 0. The van der Waals surface area contributed by atoms with Crippen molar-refractivity contribution < 1.29 is 5.53 Å². The van der Waals surface area contributed by atoms with Crippen molar-refractivity contribution >= 4 is 17.1 Å². The van der Waals surface area contributed by atoms with Crippen LogP contribution in [0.2, 0.25) is 0 Å². The standard InChI is InChI=1S/C14H14N4/c1-10-5-3-4-6-14(10)18-17-12-7-8-13(16-15)11(2)9-12/h3-9,15H,1-2H3/p+1. The maximum Gasteiger partial charge on any atom is 0.133 e. The van der Waals surface area contributed by atoms with Gasteiger partial charge in [0.15, 0.2) is 0 Å². The molecule has 0 aliphatic carbocycles. The summed E-state index contributed by atoms with van der Waals surface area (Å²) in [6.07, 6.45) is 0. The number of nitrogens with two attached hydrogens (primary N) is 1. The molecule has 0 aliphatic heterocycles. The van der Waals surface area contributed by atoms with Crippen LogP contribution in [0.25, 0.3) is 0 Å². The van der Waals surface area contributed by atoms with Gasteiger partial charge in [-0.3, -0.25) is 0 Å². The lowest BCUT2D eigenvalue weighted by Gasteiger charge is -1.99. The first kappa shape index (κ1) is 12.1.